The lowest BCUT2D eigenvalue weighted by Gasteiger charge is -2.30. The van der Waals surface area contributed by atoms with Gasteiger partial charge in [0.1, 0.15) is 0 Å². The van der Waals surface area contributed by atoms with Gasteiger partial charge in [-0.05, 0) is 37.3 Å². The molecule has 0 unspecified atom stereocenters. The summed E-state index contributed by atoms with van der Waals surface area (Å²) >= 11 is 0. The zero-order chi connectivity index (χ0) is 17.5. The van der Waals surface area contributed by atoms with Crippen molar-refractivity contribution >= 4 is 12.0 Å². The number of rotatable bonds is 5. The topological polar surface area (TPSA) is 71.5 Å². The predicted molar refractivity (Wildman–Crippen MR) is 91.3 cm³/mol. The molecule has 0 saturated carbocycles. The smallest absolute Gasteiger partial charge is 0.409 e. The molecule has 1 N–H and O–H groups in total. The van der Waals surface area contributed by atoms with Crippen molar-refractivity contribution in [1.29, 1.82) is 0 Å². The number of carbonyl (C=O) groups is 2. The highest BCUT2D eigenvalue weighted by atomic mass is 16.6. The summed E-state index contributed by atoms with van der Waals surface area (Å²) in [6.07, 6.45) is 2.86. The van der Waals surface area contributed by atoms with Gasteiger partial charge >= 0.3 is 6.09 Å². The molecule has 24 heavy (non-hydrogen) atoms. The molecular weight excluding hydrogens is 306 g/mol. The quantitative estimate of drug-likeness (QED) is 0.899. The molecule has 0 atom stereocenters. The Hall–Kier alpha value is -2.11. The van der Waals surface area contributed by atoms with Crippen molar-refractivity contribution < 1.29 is 14.3 Å². The van der Waals surface area contributed by atoms with Crippen LogP contribution in [-0.4, -0.2) is 41.6 Å². The molecule has 2 heterocycles. The van der Waals surface area contributed by atoms with Crippen LogP contribution >= 0.6 is 0 Å². The van der Waals surface area contributed by atoms with Gasteiger partial charge in [0.15, 0.2) is 0 Å². The van der Waals surface area contributed by atoms with E-state index in [4.69, 9.17) is 4.74 Å². The largest absolute Gasteiger partial charge is 0.449 e. The Bertz CT molecular complexity index is 549. The summed E-state index contributed by atoms with van der Waals surface area (Å²) in [6.45, 7) is 8.01. The van der Waals surface area contributed by atoms with Gasteiger partial charge in [-0.3, -0.25) is 9.78 Å². The molecule has 1 fully saturated rings. The minimum absolute atomic E-state index is 0.0439. The summed E-state index contributed by atoms with van der Waals surface area (Å²) in [7, 11) is 0. The lowest BCUT2D eigenvalue weighted by atomic mass is 9.96. The fourth-order valence-electron chi connectivity index (χ4n) is 2.59. The number of piperidine rings is 1. The van der Waals surface area contributed by atoms with Crippen molar-refractivity contribution in [2.24, 2.45) is 11.8 Å². The molecule has 0 bridgehead atoms. The molecular formula is C18H27N3O3. The molecule has 1 aliphatic rings. The summed E-state index contributed by atoms with van der Waals surface area (Å²) in [5, 5.41) is 2.96. The van der Waals surface area contributed by atoms with Crippen LogP contribution in [0.25, 0.3) is 0 Å². The van der Waals surface area contributed by atoms with E-state index in [-0.39, 0.29) is 17.9 Å². The first kappa shape index (κ1) is 18.2. The fourth-order valence-corrected chi connectivity index (χ4v) is 2.59. The third-order valence-electron chi connectivity index (χ3n) is 4.10. The van der Waals surface area contributed by atoms with Crippen molar-refractivity contribution in [3.63, 3.8) is 0 Å². The molecule has 1 saturated heterocycles. The highest BCUT2D eigenvalue weighted by molar-refractivity contribution is 5.79. The summed E-state index contributed by atoms with van der Waals surface area (Å²) in [5.41, 5.74) is 1.95. The molecule has 6 nitrogen and oxygen atoms in total. The Balaban J connectivity index is 1.72. The molecule has 0 aromatic carbocycles. The number of hydrogen-bond donors (Lipinski definition) is 1. The summed E-state index contributed by atoms with van der Waals surface area (Å²) < 4.78 is 5.23. The molecule has 6 heteroatoms. The van der Waals surface area contributed by atoms with Gasteiger partial charge in [-0.15, -0.1) is 0 Å². The average Bonchev–Trinajstić information content (AvgIpc) is 2.59. The monoisotopic (exact) mass is 333 g/mol. The van der Waals surface area contributed by atoms with Crippen LogP contribution in [0.15, 0.2) is 18.3 Å². The summed E-state index contributed by atoms with van der Waals surface area (Å²) in [5.74, 6) is 0.330. The van der Waals surface area contributed by atoms with E-state index < -0.39 is 0 Å². The van der Waals surface area contributed by atoms with Crippen molar-refractivity contribution in [3.8, 4) is 0 Å². The van der Waals surface area contributed by atoms with E-state index in [9.17, 15) is 9.59 Å². The van der Waals surface area contributed by atoms with Crippen LogP contribution in [0, 0.1) is 18.8 Å². The number of aryl methyl sites for hydroxylation is 1. The number of aromatic nitrogens is 1. The van der Waals surface area contributed by atoms with Gasteiger partial charge in [0, 0.05) is 37.4 Å². The lowest BCUT2D eigenvalue weighted by Crippen LogP contribution is -2.43. The Morgan fingerprint density at radius 1 is 1.33 bits per heavy atom. The number of nitrogens with zero attached hydrogens (tertiary/aromatic N) is 2. The highest BCUT2D eigenvalue weighted by Crippen LogP contribution is 2.18. The second-order valence-corrected chi connectivity index (χ2v) is 6.76. The molecule has 1 aliphatic heterocycles. The van der Waals surface area contributed by atoms with Gasteiger partial charge in [0.25, 0.3) is 0 Å². The number of pyridine rings is 1. The Morgan fingerprint density at radius 3 is 2.62 bits per heavy atom. The Labute approximate surface area is 143 Å². The van der Waals surface area contributed by atoms with E-state index in [0.717, 1.165) is 11.3 Å². The first-order valence-corrected chi connectivity index (χ1v) is 8.56. The number of ether oxygens (including phenoxy) is 1. The maximum Gasteiger partial charge on any atom is 0.409 e. The van der Waals surface area contributed by atoms with Crippen molar-refractivity contribution in [2.75, 3.05) is 19.7 Å². The summed E-state index contributed by atoms with van der Waals surface area (Å²) in [6, 6.07) is 3.90. The van der Waals surface area contributed by atoms with Crippen LogP contribution in [-0.2, 0) is 16.1 Å². The maximum atomic E-state index is 12.3. The number of carbonyl (C=O) groups excluding carboxylic acids is 2. The van der Waals surface area contributed by atoms with E-state index in [0.29, 0.717) is 45.0 Å². The normalized spacial score (nSPS) is 15.4. The molecule has 132 valence electrons. The van der Waals surface area contributed by atoms with Crippen molar-refractivity contribution in [3.05, 3.63) is 29.6 Å². The van der Waals surface area contributed by atoms with Crippen LogP contribution in [0.1, 0.15) is 37.9 Å². The second kappa shape index (κ2) is 8.66. The molecule has 0 aliphatic carbocycles. The van der Waals surface area contributed by atoms with Crippen LogP contribution in [0.3, 0.4) is 0 Å². The van der Waals surface area contributed by atoms with Crippen LogP contribution in [0.2, 0.25) is 0 Å². The number of likely N-dealkylation sites (tertiary alicyclic amines) is 1. The van der Waals surface area contributed by atoms with E-state index in [2.05, 4.69) is 10.3 Å². The fraction of sp³-hybridized carbons (Fsp3) is 0.611. The number of hydrogen-bond acceptors (Lipinski definition) is 4. The predicted octanol–water partition coefficient (Wildman–Crippen LogP) is 2.51. The van der Waals surface area contributed by atoms with Gasteiger partial charge < -0.3 is 15.0 Å². The molecule has 0 spiro atoms. The molecule has 2 amide bonds. The zero-order valence-corrected chi connectivity index (χ0v) is 14.7. The Kier molecular flexibility index (Phi) is 6.58. The van der Waals surface area contributed by atoms with Crippen LogP contribution in [0.5, 0.6) is 0 Å². The minimum atomic E-state index is -0.270. The standard InChI is InChI=1S/C18H27N3O3/c1-13(2)12-24-18(23)21-8-6-16(7-9-21)17(22)20-11-15-5-4-14(3)19-10-15/h4-5,10,13,16H,6-9,11-12H2,1-3H3,(H,20,22). The maximum absolute atomic E-state index is 12.3. The van der Waals surface area contributed by atoms with E-state index in [1.165, 1.54) is 0 Å². The van der Waals surface area contributed by atoms with Gasteiger partial charge in [-0.2, -0.15) is 0 Å². The van der Waals surface area contributed by atoms with E-state index in [1.54, 1.807) is 11.1 Å². The van der Waals surface area contributed by atoms with Gasteiger partial charge in [-0.25, -0.2) is 4.79 Å². The second-order valence-electron chi connectivity index (χ2n) is 6.76. The van der Waals surface area contributed by atoms with Crippen molar-refractivity contribution in [2.45, 2.75) is 40.2 Å². The zero-order valence-electron chi connectivity index (χ0n) is 14.7. The summed E-state index contributed by atoms with van der Waals surface area (Å²) in [4.78, 5) is 30.1. The Morgan fingerprint density at radius 2 is 2.04 bits per heavy atom. The first-order chi connectivity index (χ1) is 11.5. The van der Waals surface area contributed by atoms with Crippen LogP contribution < -0.4 is 5.32 Å². The lowest BCUT2D eigenvalue weighted by molar-refractivity contribution is -0.126. The molecule has 2 rings (SSSR count). The molecule has 1 aromatic rings. The average molecular weight is 333 g/mol. The number of nitrogens with one attached hydrogen (secondary N) is 1. The molecule has 0 radical (unpaired) electrons. The van der Waals surface area contributed by atoms with E-state index >= 15 is 0 Å². The minimum Gasteiger partial charge on any atom is -0.449 e. The van der Waals surface area contributed by atoms with E-state index in [1.807, 2.05) is 32.9 Å². The molecule has 1 aromatic heterocycles. The highest BCUT2D eigenvalue weighted by Gasteiger charge is 2.27. The number of amides is 2. The van der Waals surface area contributed by atoms with Gasteiger partial charge in [0.2, 0.25) is 5.91 Å². The third kappa shape index (κ3) is 5.51. The van der Waals surface area contributed by atoms with Gasteiger partial charge in [0.05, 0.1) is 6.61 Å². The van der Waals surface area contributed by atoms with Gasteiger partial charge in [-0.1, -0.05) is 19.9 Å². The van der Waals surface area contributed by atoms with Crippen LogP contribution in [0.4, 0.5) is 4.79 Å². The van der Waals surface area contributed by atoms with Crippen molar-refractivity contribution in [1.82, 2.24) is 15.2 Å². The third-order valence-corrected chi connectivity index (χ3v) is 4.10. The first-order valence-electron chi connectivity index (χ1n) is 8.56. The SMILES string of the molecule is Cc1ccc(CNC(=O)C2CCN(C(=O)OCC(C)C)CC2)cn1.